The van der Waals surface area contributed by atoms with E-state index < -0.39 is 10.0 Å². The summed E-state index contributed by atoms with van der Waals surface area (Å²) in [6.07, 6.45) is 3.95. The third-order valence-corrected chi connectivity index (χ3v) is 7.16. The van der Waals surface area contributed by atoms with Gasteiger partial charge in [0.25, 0.3) is 0 Å². The molecule has 0 atom stereocenters. The molecule has 0 fully saturated rings. The molecule has 2 N–H and O–H groups in total. The Hall–Kier alpha value is 0.400. The summed E-state index contributed by atoms with van der Waals surface area (Å²) in [5, 5.41) is 3.29. The molecule has 0 saturated heterocycles. The predicted molar refractivity (Wildman–Crippen MR) is 96.8 cm³/mol. The van der Waals surface area contributed by atoms with Gasteiger partial charge in [0.15, 0.2) is 0 Å². The third kappa shape index (κ3) is 7.00. The van der Waals surface area contributed by atoms with Gasteiger partial charge in [-0.05, 0) is 46.8 Å². The fraction of sp³-hybridized carbons (Fsp3) is 0.692. The van der Waals surface area contributed by atoms with Crippen LogP contribution in [0.25, 0.3) is 0 Å². The maximum Gasteiger partial charge on any atom is 0.242 e. The van der Waals surface area contributed by atoms with Crippen molar-refractivity contribution in [2.45, 2.75) is 44.2 Å². The molecular formula is C13H23BrN2O2S3. The maximum atomic E-state index is 12.3. The van der Waals surface area contributed by atoms with Gasteiger partial charge in [0, 0.05) is 24.0 Å². The number of thioether (sulfide) groups is 1. The van der Waals surface area contributed by atoms with Crippen molar-refractivity contribution in [3.05, 3.63) is 14.7 Å². The Kier molecular flexibility index (Phi) is 8.82. The molecule has 122 valence electrons. The zero-order valence-corrected chi connectivity index (χ0v) is 16.6. The minimum Gasteiger partial charge on any atom is -0.310 e. The van der Waals surface area contributed by atoms with Crippen LogP contribution in [0.4, 0.5) is 0 Å². The largest absolute Gasteiger partial charge is 0.310 e. The number of unbranched alkanes of at least 4 members (excludes halogenated alkanes) is 1. The van der Waals surface area contributed by atoms with E-state index in [9.17, 15) is 8.42 Å². The van der Waals surface area contributed by atoms with Gasteiger partial charge in [-0.1, -0.05) is 13.8 Å². The average molecular weight is 415 g/mol. The minimum absolute atomic E-state index is 0.345. The predicted octanol–water partition coefficient (Wildman–Crippen LogP) is 3.43. The first-order valence-electron chi connectivity index (χ1n) is 6.87. The lowest BCUT2D eigenvalue weighted by atomic mass is 10.3. The first-order valence-corrected chi connectivity index (χ1v) is 11.4. The van der Waals surface area contributed by atoms with Gasteiger partial charge in [0.1, 0.15) is 4.90 Å². The van der Waals surface area contributed by atoms with Crippen molar-refractivity contribution in [3.63, 3.8) is 0 Å². The molecule has 1 aromatic heterocycles. The van der Waals surface area contributed by atoms with Crippen LogP contribution >= 0.6 is 39.0 Å². The molecule has 1 rings (SSSR count). The van der Waals surface area contributed by atoms with Gasteiger partial charge in [-0.2, -0.15) is 11.8 Å². The first-order chi connectivity index (χ1) is 9.86. The van der Waals surface area contributed by atoms with Crippen LogP contribution in [0.15, 0.2) is 14.7 Å². The van der Waals surface area contributed by atoms with E-state index in [2.05, 4.69) is 46.1 Å². The SMILES string of the molecule is CSCCCCNS(=O)(=O)c1cc(CNC(C)C)sc1Br. The number of nitrogens with one attached hydrogen (secondary N) is 2. The summed E-state index contributed by atoms with van der Waals surface area (Å²) in [6, 6.07) is 2.12. The molecule has 0 saturated carbocycles. The molecule has 0 aliphatic rings. The van der Waals surface area contributed by atoms with Crippen LogP contribution in [0.1, 0.15) is 31.6 Å². The van der Waals surface area contributed by atoms with E-state index in [-0.39, 0.29) is 0 Å². The van der Waals surface area contributed by atoms with Crippen LogP contribution in [0.3, 0.4) is 0 Å². The fourth-order valence-corrected chi connectivity index (χ4v) is 5.83. The highest BCUT2D eigenvalue weighted by Crippen LogP contribution is 2.31. The van der Waals surface area contributed by atoms with Crippen molar-refractivity contribution >= 4 is 49.1 Å². The van der Waals surface area contributed by atoms with Gasteiger partial charge in [-0.3, -0.25) is 0 Å². The van der Waals surface area contributed by atoms with Gasteiger partial charge in [-0.25, -0.2) is 13.1 Å². The number of hydrogen-bond acceptors (Lipinski definition) is 5. The van der Waals surface area contributed by atoms with Crippen molar-refractivity contribution in [1.82, 2.24) is 10.0 Å². The number of halogens is 1. The topological polar surface area (TPSA) is 58.2 Å². The van der Waals surface area contributed by atoms with Gasteiger partial charge in [-0.15, -0.1) is 11.3 Å². The van der Waals surface area contributed by atoms with E-state index in [1.54, 1.807) is 17.8 Å². The van der Waals surface area contributed by atoms with Crippen LogP contribution < -0.4 is 10.0 Å². The van der Waals surface area contributed by atoms with Crippen molar-refractivity contribution in [1.29, 1.82) is 0 Å². The Morgan fingerprint density at radius 2 is 2.10 bits per heavy atom. The second kappa shape index (κ2) is 9.52. The Bertz CT molecular complexity index is 530. The van der Waals surface area contributed by atoms with Crippen molar-refractivity contribution in [2.24, 2.45) is 0 Å². The third-order valence-electron chi connectivity index (χ3n) is 2.75. The quantitative estimate of drug-likeness (QED) is 0.575. The number of rotatable bonds is 10. The Morgan fingerprint density at radius 3 is 2.71 bits per heavy atom. The normalized spacial score (nSPS) is 12.2. The fourth-order valence-electron chi connectivity index (χ4n) is 1.63. The lowest BCUT2D eigenvalue weighted by Crippen LogP contribution is -2.25. The Morgan fingerprint density at radius 1 is 1.38 bits per heavy atom. The van der Waals surface area contributed by atoms with Crippen LogP contribution in [0, 0.1) is 0 Å². The zero-order chi connectivity index (χ0) is 15.9. The molecule has 4 nitrogen and oxygen atoms in total. The number of thiophene rings is 1. The second-order valence-electron chi connectivity index (χ2n) is 4.98. The molecule has 1 aromatic rings. The molecule has 0 unspecified atom stereocenters. The summed E-state index contributed by atoms with van der Waals surface area (Å²) in [7, 11) is -3.42. The van der Waals surface area contributed by atoms with Gasteiger partial charge >= 0.3 is 0 Å². The highest BCUT2D eigenvalue weighted by Gasteiger charge is 2.20. The van der Waals surface area contributed by atoms with Gasteiger partial charge < -0.3 is 5.32 Å². The second-order valence-corrected chi connectivity index (χ2v) is 10.2. The molecule has 8 heteroatoms. The average Bonchev–Trinajstić information content (AvgIpc) is 2.78. The van der Waals surface area contributed by atoms with E-state index in [0.29, 0.717) is 27.8 Å². The van der Waals surface area contributed by atoms with Gasteiger partial charge in [0.2, 0.25) is 10.0 Å². The zero-order valence-electron chi connectivity index (χ0n) is 12.6. The van der Waals surface area contributed by atoms with Crippen LogP contribution in [0.5, 0.6) is 0 Å². The standard InChI is InChI=1S/C13H23BrN2O2S3/c1-10(2)15-9-11-8-12(13(14)20-11)21(17,18)16-6-4-5-7-19-3/h8,10,15-16H,4-7,9H2,1-3H3. The summed E-state index contributed by atoms with van der Waals surface area (Å²) in [5.41, 5.74) is 0. The molecule has 0 radical (unpaired) electrons. The van der Waals surface area contributed by atoms with E-state index >= 15 is 0 Å². The van der Waals surface area contributed by atoms with Crippen molar-refractivity contribution < 1.29 is 8.42 Å². The highest BCUT2D eigenvalue weighted by atomic mass is 79.9. The van der Waals surface area contributed by atoms with Gasteiger partial charge in [0.05, 0.1) is 3.79 Å². The number of hydrogen-bond donors (Lipinski definition) is 2. The molecule has 0 amide bonds. The number of sulfonamides is 1. The summed E-state index contributed by atoms with van der Waals surface area (Å²) in [5.74, 6) is 1.06. The Balaban J connectivity index is 2.61. The smallest absolute Gasteiger partial charge is 0.242 e. The molecule has 0 aromatic carbocycles. The van der Waals surface area contributed by atoms with Crippen molar-refractivity contribution in [3.8, 4) is 0 Å². The van der Waals surface area contributed by atoms with E-state index in [1.807, 2.05) is 0 Å². The van der Waals surface area contributed by atoms with Crippen LogP contribution in [0.2, 0.25) is 0 Å². The van der Waals surface area contributed by atoms with E-state index in [0.717, 1.165) is 23.5 Å². The summed E-state index contributed by atoms with van der Waals surface area (Å²) < 4.78 is 27.9. The lowest BCUT2D eigenvalue weighted by molar-refractivity contribution is 0.578. The molecule has 0 aliphatic heterocycles. The monoisotopic (exact) mass is 414 g/mol. The first kappa shape index (κ1) is 19.4. The maximum absolute atomic E-state index is 12.3. The van der Waals surface area contributed by atoms with Crippen molar-refractivity contribution in [2.75, 3.05) is 18.6 Å². The van der Waals surface area contributed by atoms with E-state index in [1.165, 1.54) is 11.3 Å². The molecule has 0 spiro atoms. The summed E-state index contributed by atoms with van der Waals surface area (Å²) in [6.45, 7) is 5.31. The van der Waals surface area contributed by atoms with Crippen LogP contribution in [-0.4, -0.2) is 33.0 Å². The molecule has 1 heterocycles. The molecule has 0 aliphatic carbocycles. The van der Waals surface area contributed by atoms with E-state index in [4.69, 9.17) is 0 Å². The molecule has 21 heavy (non-hydrogen) atoms. The summed E-state index contributed by atoms with van der Waals surface area (Å²) >= 11 is 6.60. The molecular weight excluding hydrogens is 392 g/mol. The Labute approximate surface area is 144 Å². The lowest BCUT2D eigenvalue weighted by Gasteiger charge is -2.06. The van der Waals surface area contributed by atoms with Crippen LogP contribution in [-0.2, 0) is 16.6 Å². The highest BCUT2D eigenvalue weighted by molar-refractivity contribution is 9.11. The minimum atomic E-state index is -3.42. The molecule has 0 bridgehead atoms. The summed E-state index contributed by atoms with van der Waals surface area (Å²) in [4.78, 5) is 1.36.